The highest BCUT2D eigenvalue weighted by Crippen LogP contribution is 2.24. The molecule has 0 fully saturated rings. The summed E-state index contributed by atoms with van der Waals surface area (Å²) < 4.78 is 5.81. The molecule has 3 heteroatoms. The monoisotopic (exact) mass is 340 g/mol. The van der Waals surface area contributed by atoms with Crippen LogP contribution >= 0.6 is 15.9 Å². The average Bonchev–Trinajstić information content (AvgIpc) is 2.36. The second kappa shape index (κ2) is 7.26. The van der Waals surface area contributed by atoms with E-state index >= 15 is 0 Å². The first-order valence-corrected chi connectivity index (χ1v) is 8.09. The quantitative estimate of drug-likeness (QED) is 0.696. The molecule has 2 nitrogen and oxygen atoms in total. The first-order valence-electron chi connectivity index (χ1n) is 7.18. The smallest absolute Gasteiger partial charge is 0.152 e. The lowest BCUT2D eigenvalue weighted by atomic mass is 9.87. The van der Waals surface area contributed by atoms with E-state index in [1.165, 1.54) is 0 Å². The minimum absolute atomic E-state index is 0.152. The summed E-state index contributed by atoms with van der Waals surface area (Å²) in [5.74, 6) is 1.10. The lowest BCUT2D eigenvalue weighted by Gasteiger charge is -2.21. The Bertz CT molecular complexity index is 449. The molecule has 1 aromatic carbocycles. The summed E-state index contributed by atoms with van der Waals surface area (Å²) in [6.07, 6.45) is 1.88. The number of ketones is 1. The van der Waals surface area contributed by atoms with Crippen LogP contribution in [0.1, 0.15) is 46.6 Å². The van der Waals surface area contributed by atoms with Crippen molar-refractivity contribution < 1.29 is 9.53 Å². The lowest BCUT2D eigenvalue weighted by molar-refractivity contribution is -0.125. The molecule has 1 rings (SSSR count). The van der Waals surface area contributed by atoms with Crippen LogP contribution in [0.4, 0.5) is 0 Å². The normalized spacial score (nSPS) is 14.7. The Labute approximate surface area is 131 Å². The Morgan fingerprint density at radius 3 is 2.55 bits per heavy atom. The van der Waals surface area contributed by atoms with E-state index in [9.17, 15) is 4.79 Å². The highest BCUT2D eigenvalue weighted by molar-refractivity contribution is 9.10. The summed E-state index contributed by atoms with van der Waals surface area (Å²) >= 11 is 3.51. The minimum Gasteiger partial charge on any atom is -0.491 e. The zero-order chi connectivity index (χ0) is 15.3. The topological polar surface area (TPSA) is 26.3 Å². The molecule has 20 heavy (non-hydrogen) atoms. The number of carbonyl (C=O) groups excluding carboxylic acids is 1. The SMILES string of the molecule is CCC(C)Oc1cccc(CC(Br)C(=O)C(C)(C)C)c1. The van der Waals surface area contributed by atoms with Gasteiger partial charge >= 0.3 is 0 Å². The number of hydrogen-bond acceptors (Lipinski definition) is 2. The van der Waals surface area contributed by atoms with Crippen LogP contribution in [0.25, 0.3) is 0 Å². The van der Waals surface area contributed by atoms with E-state index in [1.807, 2.05) is 45.0 Å². The summed E-state index contributed by atoms with van der Waals surface area (Å²) in [5, 5.41) is 0. The minimum atomic E-state index is -0.320. The van der Waals surface area contributed by atoms with Gasteiger partial charge in [0.25, 0.3) is 0 Å². The Balaban J connectivity index is 2.73. The molecule has 0 aliphatic heterocycles. The van der Waals surface area contributed by atoms with Crippen LogP contribution in [-0.4, -0.2) is 16.7 Å². The number of alkyl halides is 1. The summed E-state index contributed by atoms with van der Waals surface area (Å²) in [6.45, 7) is 10.0. The largest absolute Gasteiger partial charge is 0.491 e. The van der Waals surface area contributed by atoms with Crippen molar-refractivity contribution in [1.82, 2.24) is 0 Å². The van der Waals surface area contributed by atoms with Gasteiger partial charge in [0.05, 0.1) is 10.9 Å². The molecule has 0 bridgehead atoms. The average molecular weight is 341 g/mol. The fourth-order valence-corrected chi connectivity index (χ4v) is 2.89. The van der Waals surface area contributed by atoms with Crippen molar-refractivity contribution >= 4 is 21.7 Å². The highest BCUT2D eigenvalue weighted by atomic mass is 79.9. The maximum atomic E-state index is 12.2. The molecule has 0 spiro atoms. The fourth-order valence-electron chi connectivity index (χ4n) is 1.83. The van der Waals surface area contributed by atoms with Gasteiger partial charge in [0.15, 0.2) is 5.78 Å². The van der Waals surface area contributed by atoms with Gasteiger partial charge in [-0.25, -0.2) is 0 Å². The third kappa shape index (κ3) is 5.28. The molecule has 0 radical (unpaired) electrons. The van der Waals surface area contributed by atoms with E-state index in [-0.39, 0.29) is 22.1 Å². The molecule has 1 aromatic rings. The van der Waals surface area contributed by atoms with Gasteiger partial charge in [-0.05, 0) is 37.5 Å². The zero-order valence-electron chi connectivity index (χ0n) is 13.1. The van der Waals surface area contributed by atoms with E-state index in [0.717, 1.165) is 17.7 Å². The Morgan fingerprint density at radius 1 is 1.35 bits per heavy atom. The molecule has 0 saturated heterocycles. The molecule has 0 N–H and O–H groups in total. The molecule has 0 saturated carbocycles. The van der Waals surface area contributed by atoms with Crippen LogP contribution in [0.2, 0.25) is 0 Å². The van der Waals surface area contributed by atoms with Gasteiger partial charge in [-0.15, -0.1) is 0 Å². The van der Waals surface area contributed by atoms with Gasteiger partial charge in [0.1, 0.15) is 5.75 Å². The summed E-state index contributed by atoms with van der Waals surface area (Å²) in [5.41, 5.74) is 0.796. The Hall–Kier alpha value is -0.830. The fraction of sp³-hybridized carbons (Fsp3) is 0.588. The molecule has 112 valence electrons. The highest BCUT2D eigenvalue weighted by Gasteiger charge is 2.27. The van der Waals surface area contributed by atoms with Crippen LogP contribution in [0, 0.1) is 5.41 Å². The third-order valence-electron chi connectivity index (χ3n) is 3.25. The van der Waals surface area contributed by atoms with E-state index in [0.29, 0.717) is 6.42 Å². The molecule has 2 atom stereocenters. The third-order valence-corrected chi connectivity index (χ3v) is 3.99. The van der Waals surface area contributed by atoms with Gasteiger partial charge in [0.2, 0.25) is 0 Å². The van der Waals surface area contributed by atoms with Gasteiger partial charge in [-0.2, -0.15) is 0 Å². The molecule has 0 heterocycles. The van der Waals surface area contributed by atoms with Gasteiger partial charge in [-0.1, -0.05) is 55.8 Å². The number of halogens is 1. The summed E-state index contributed by atoms with van der Waals surface area (Å²) in [4.78, 5) is 12.0. The Kier molecular flexibility index (Phi) is 6.25. The van der Waals surface area contributed by atoms with Gasteiger partial charge < -0.3 is 4.74 Å². The van der Waals surface area contributed by atoms with E-state index in [4.69, 9.17) is 4.74 Å². The predicted molar refractivity (Wildman–Crippen MR) is 87.7 cm³/mol. The predicted octanol–water partition coefficient (Wildman–Crippen LogP) is 4.79. The summed E-state index contributed by atoms with van der Waals surface area (Å²) in [6, 6.07) is 8.00. The zero-order valence-corrected chi connectivity index (χ0v) is 14.7. The van der Waals surface area contributed by atoms with Crippen molar-refractivity contribution in [2.45, 2.75) is 58.4 Å². The van der Waals surface area contributed by atoms with Crippen LogP contribution < -0.4 is 4.74 Å². The first kappa shape index (κ1) is 17.2. The number of benzene rings is 1. The van der Waals surface area contributed by atoms with Gasteiger partial charge in [-0.3, -0.25) is 4.79 Å². The van der Waals surface area contributed by atoms with Crippen LogP contribution in [0.3, 0.4) is 0 Å². The number of carbonyl (C=O) groups is 1. The van der Waals surface area contributed by atoms with Crippen molar-refractivity contribution in [3.63, 3.8) is 0 Å². The second-order valence-corrected chi connectivity index (χ2v) is 7.38. The van der Waals surface area contributed by atoms with E-state index < -0.39 is 0 Å². The molecule has 0 aromatic heterocycles. The van der Waals surface area contributed by atoms with Crippen molar-refractivity contribution in [2.24, 2.45) is 5.41 Å². The van der Waals surface area contributed by atoms with Crippen molar-refractivity contribution in [3.8, 4) is 5.75 Å². The number of ether oxygens (including phenoxy) is 1. The van der Waals surface area contributed by atoms with Crippen LogP contribution in [0.5, 0.6) is 5.75 Å². The van der Waals surface area contributed by atoms with Crippen molar-refractivity contribution in [2.75, 3.05) is 0 Å². The lowest BCUT2D eigenvalue weighted by Crippen LogP contribution is -2.30. The van der Waals surface area contributed by atoms with Gasteiger partial charge in [0, 0.05) is 5.41 Å². The molecule has 0 amide bonds. The van der Waals surface area contributed by atoms with E-state index in [1.54, 1.807) is 0 Å². The number of hydrogen-bond donors (Lipinski definition) is 0. The molecule has 0 aliphatic carbocycles. The molecule has 2 unspecified atom stereocenters. The second-order valence-electron chi connectivity index (χ2n) is 6.27. The van der Waals surface area contributed by atoms with Crippen molar-refractivity contribution in [1.29, 1.82) is 0 Å². The Morgan fingerprint density at radius 2 is 2.00 bits per heavy atom. The standard InChI is InChI=1S/C17H25BrO2/c1-6-12(2)20-14-9-7-8-13(10-14)11-15(18)16(19)17(3,4)5/h7-10,12,15H,6,11H2,1-5H3. The summed E-state index contributed by atoms with van der Waals surface area (Å²) in [7, 11) is 0. The molecular formula is C17H25BrO2. The number of Topliss-reactive ketones (excluding diaryl/α,β-unsaturated/α-hetero) is 1. The van der Waals surface area contributed by atoms with Crippen LogP contribution in [0.15, 0.2) is 24.3 Å². The maximum Gasteiger partial charge on any atom is 0.152 e. The van der Waals surface area contributed by atoms with Crippen LogP contribution in [-0.2, 0) is 11.2 Å². The molecular weight excluding hydrogens is 316 g/mol. The van der Waals surface area contributed by atoms with E-state index in [2.05, 4.69) is 29.8 Å². The van der Waals surface area contributed by atoms with Crippen molar-refractivity contribution in [3.05, 3.63) is 29.8 Å². The first-order chi connectivity index (χ1) is 9.24. The maximum absolute atomic E-state index is 12.2. The number of rotatable bonds is 6. The molecule has 0 aliphatic rings.